The van der Waals surface area contributed by atoms with E-state index in [0.29, 0.717) is 19.0 Å². The molecule has 0 bridgehead atoms. The summed E-state index contributed by atoms with van der Waals surface area (Å²) in [6.45, 7) is 5.46. The molecule has 2 aromatic rings. The first-order valence-electron chi connectivity index (χ1n) is 9.24. The molecule has 0 amide bonds. The number of esters is 1. The molecule has 0 radical (unpaired) electrons. The molecule has 5 nitrogen and oxygen atoms in total. The standard InChI is InChI=1S/C21H25NO4S/c1-16(2)18-10-8-17(9-11-18)15-26-21(23)19-6-5-7-20(14-19)27(24,25)22-12-3-4-13-22/h5-11,14,16H,3-4,12-13,15H2,1-2H3. The van der Waals surface area contributed by atoms with E-state index in [4.69, 9.17) is 4.74 Å². The lowest BCUT2D eigenvalue weighted by Crippen LogP contribution is -2.28. The molecule has 27 heavy (non-hydrogen) atoms. The third-order valence-electron chi connectivity index (χ3n) is 4.79. The van der Waals surface area contributed by atoms with Crippen LogP contribution in [0.15, 0.2) is 53.4 Å². The van der Waals surface area contributed by atoms with Gasteiger partial charge in [-0.1, -0.05) is 44.2 Å². The lowest BCUT2D eigenvalue weighted by molar-refractivity contribution is 0.0472. The van der Waals surface area contributed by atoms with Crippen LogP contribution in [-0.4, -0.2) is 31.8 Å². The summed E-state index contributed by atoms with van der Waals surface area (Å²) in [5.74, 6) is -0.0803. The van der Waals surface area contributed by atoms with Crippen LogP contribution in [0.5, 0.6) is 0 Å². The number of ether oxygens (including phenoxy) is 1. The van der Waals surface area contributed by atoms with Crippen molar-refractivity contribution < 1.29 is 17.9 Å². The zero-order valence-electron chi connectivity index (χ0n) is 15.7. The van der Waals surface area contributed by atoms with E-state index in [9.17, 15) is 13.2 Å². The number of carbonyl (C=O) groups is 1. The topological polar surface area (TPSA) is 63.7 Å². The van der Waals surface area contributed by atoms with Crippen LogP contribution in [-0.2, 0) is 21.4 Å². The zero-order chi connectivity index (χ0) is 19.4. The summed E-state index contributed by atoms with van der Waals surface area (Å²) in [6.07, 6.45) is 1.74. The van der Waals surface area contributed by atoms with Gasteiger partial charge in [-0.25, -0.2) is 13.2 Å². The van der Waals surface area contributed by atoms with Gasteiger partial charge in [0.2, 0.25) is 10.0 Å². The molecule has 0 unspecified atom stereocenters. The third-order valence-corrected chi connectivity index (χ3v) is 6.68. The van der Waals surface area contributed by atoms with Crippen molar-refractivity contribution in [3.05, 3.63) is 65.2 Å². The molecule has 0 N–H and O–H groups in total. The normalized spacial score (nSPS) is 15.2. The molecule has 144 valence electrons. The van der Waals surface area contributed by atoms with Crippen LogP contribution in [0.4, 0.5) is 0 Å². The number of hydrogen-bond acceptors (Lipinski definition) is 4. The van der Waals surface area contributed by atoms with E-state index in [1.807, 2.05) is 24.3 Å². The number of sulfonamides is 1. The first-order chi connectivity index (χ1) is 12.9. The first kappa shape index (κ1) is 19.6. The van der Waals surface area contributed by atoms with E-state index in [1.54, 1.807) is 12.1 Å². The predicted octanol–water partition coefficient (Wildman–Crippen LogP) is 3.95. The fourth-order valence-electron chi connectivity index (χ4n) is 3.09. The van der Waals surface area contributed by atoms with E-state index in [0.717, 1.165) is 18.4 Å². The summed E-state index contributed by atoms with van der Waals surface area (Å²) in [7, 11) is -3.55. The molecule has 3 rings (SSSR count). The number of rotatable bonds is 6. The van der Waals surface area contributed by atoms with Crippen LogP contribution < -0.4 is 0 Å². The molecule has 0 aromatic heterocycles. The molecule has 0 spiro atoms. The molecule has 0 saturated carbocycles. The summed E-state index contributed by atoms with van der Waals surface area (Å²) in [5, 5.41) is 0. The quantitative estimate of drug-likeness (QED) is 0.704. The number of nitrogens with zero attached hydrogens (tertiary/aromatic N) is 1. The first-order valence-corrected chi connectivity index (χ1v) is 10.7. The van der Waals surface area contributed by atoms with E-state index in [-0.39, 0.29) is 17.1 Å². The maximum absolute atomic E-state index is 12.6. The smallest absolute Gasteiger partial charge is 0.338 e. The minimum atomic E-state index is -3.55. The largest absolute Gasteiger partial charge is 0.457 e. The Labute approximate surface area is 161 Å². The maximum atomic E-state index is 12.6. The SMILES string of the molecule is CC(C)c1ccc(COC(=O)c2cccc(S(=O)(=O)N3CCCC3)c2)cc1. The van der Waals surface area contributed by atoms with E-state index in [2.05, 4.69) is 13.8 Å². The van der Waals surface area contributed by atoms with Crippen molar-refractivity contribution in [2.75, 3.05) is 13.1 Å². The highest BCUT2D eigenvalue weighted by molar-refractivity contribution is 7.89. The van der Waals surface area contributed by atoms with Crippen molar-refractivity contribution >= 4 is 16.0 Å². The van der Waals surface area contributed by atoms with Gasteiger partial charge in [-0.2, -0.15) is 4.31 Å². The van der Waals surface area contributed by atoms with E-state index < -0.39 is 16.0 Å². The van der Waals surface area contributed by atoms with Gasteiger partial charge < -0.3 is 4.74 Å². The van der Waals surface area contributed by atoms with Gasteiger partial charge in [0.15, 0.2) is 0 Å². The Kier molecular flexibility index (Phi) is 5.97. The monoisotopic (exact) mass is 387 g/mol. The Morgan fingerprint density at radius 2 is 1.74 bits per heavy atom. The highest BCUT2D eigenvalue weighted by Crippen LogP contribution is 2.22. The molecule has 1 heterocycles. The molecule has 2 aromatic carbocycles. The van der Waals surface area contributed by atoms with Crippen LogP contribution >= 0.6 is 0 Å². The summed E-state index contributed by atoms with van der Waals surface area (Å²) >= 11 is 0. The van der Waals surface area contributed by atoms with Gasteiger partial charge in [-0.3, -0.25) is 0 Å². The van der Waals surface area contributed by atoms with Crippen LogP contribution in [0.25, 0.3) is 0 Å². The van der Waals surface area contributed by atoms with Gasteiger partial charge in [0.05, 0.1) is 10.5 Å². The van der Waals surface area contributed by atoms with Crippen LogP contribution in [0, 0.1) is 0 Å². The highest BCUT2D eigenvalue weighted by atomic mass is 32.2. The van der Waals surface area contributed by atoms with Crippen molar-refractivity contribution in [2.45, 2.75) is 44.1 Å². The second-order valence-corrected chi connectivity index (χ2v) is 9.05. The fourth-order valence-corrected chi connectivity index (χ4v) is 4.66. The molecular weight excluding hydrogens is 362 g/mol. The molecule has 1 saturated heterocycles. The predicted molar refractivity (Wildman–Crippen MR) is 104 cm³/mol. The van der Waals surface area contributed by atoms with E-state index >= 15 is 0 Å². The van der Waals surface area contributed by atoms with Crippen molar-refractivity contribution in [2.24, 2.45) is 0 Å². The molecule has 1 aliphatic heterocycles. The second kappa shape index (κ2) is 8.23. The van der Waals surface area contributed by atoms with Crippen molar-refractivity contribution in [3.8, 4) is 0 Å². The van der Waals surface area contributed by atoms with Crippen molar-refractivity contribution in [1.82, 2.24) is 4.31 Å². The number of benzene rings is 2. The van der Waals surface area contributed by atoms with Gasteiger partial charge in [0.25, 0.3) is 0 Å². The van der Waals surface area contributed by atoms with Crippen molar-refractivity contribution in [1.29, 1.82) is 0 Å². The molecule has 6 heteroatoms. The van der Waals surface area contributed by atoms with Gasteiger partial charge >= 0.3 is 5.97 Å². The van der Waals surface area contributed by atoms with Gasteiger partial charge in [0.1, 0.15) is 6.61 Å². The molecular formula is C21H25NO4S. The summed E-state index contributed by atoms with van der Waals surface area (Å²) in [6, 6.07) is 14.0. The fraction of sp³-hybridized carbons (Fsp3) is 0.381. The number of carbonyl (C=O) groups excluding carboxylic acids is 1. The van der Waals surface area contributed by atoms with Gasteiger partial charge in [0, 0.05) is 13.1 Å². The van der Waals surface area contributed by atoms with Crippen LogP contribution in [0.3, 0.4) is 0 Å². The maximum Gasteiger partial charge on any atom is 0.338 e. The van der Waals surface area contributed by atoms with Crippen molar-refractivity contribution in [3.63, 3.8) is 0 Å². The van der Waals surface area contributed by atoms with Crippen LogP contribution in [0.1, 0.15) is 54.1 Å². The summed E-state index contributed by atoms with van der Waals surface area (Å²) < 4.78 is 32.1. The summed E-state index contributed by atoms with van der Waals surface area (Å²) in [4.78, 5) is 12.5. The Hall–Kier alpha value is -2.18. The number of hydrogen-bond donors (Lipinski definition) is 0. The molecule has 1 fully saturated rings. The lowest BCUT2D eigenvalue weighted by Gasteiger charge is -2.16. The van der Waals surface area contributed by atoms with Crippen LogP contribution in [0.2, 0.25) is 0 Å². The third kappa shape index (κ3) is 4.57. The Bertz CT molecular complexity index is 898. The minimum Gasteiger partial charge on any atom is -0.457 e. The Morgan fingerprint density at radius 3 is 2.37 bits per heavy atom. The molecule has 0 atom stereocenters. The van der Waals surface area contributed by atoms with Gasteiger partial charge in [-0.05, 0) is 48.1 Å². The molecule has 1 aliphatic rings. The average molecular weight is 388 g/mol. The Morgan fingerprint density at radius 1 is 1.07 bits per heavy atom. The van der Waals surface area contributed by atoms with Gasteiger partial charge in [-0.15, -0.1) is 0 Å². The lowest BCUT2D eigenvalue weighted by atomic mass is 10.0. The minimum absolute atomic E-state index is 0.139. The average Bonchev–Trinajstić information content (AvgIpc) is 3.22. The second-order valence-electron chi connectivity index (χ2n) is 7.11. The zero-order valence-corrected chi connectivity index (χ0v) is 16.5. The highest BCUT2D eigenvalue weighted by Gasteiger charge is 2.27. The van der Waals surface area contributed by atoms with E-state index in [1.165, 1.54) is 22.0 Å². The Balaban J connectivity index is 1.68. The summed E-state index contributed by atoms with van der Waals surface area (Å²) in [5.41, 5.74) is 2.37. The molecule has 0 aliphatic carbocycles.